The van der Waals surface area contributed by atoms with Crippen LogP contribution in [0.3, 0.4) is 0 Å². The van der Waals surface area contributed by atoms with Gasteiger partial charge in [-0.2, -0.15) is 0 Å². The van der Waals surface area contributed by atoms with Crippen LogP contribution in [0.2, 0.25) is 0 Å². The summed E-state index contributed by atoms with van der Waals surface area (Å²) in [5, 5.41) is 2.63. The van der Waals surface area contributed by atoms with Crippen LogP contribution in [-0.4, -0.2) is 39.1 Å². The van der Waals surface area contributed by atoms with Crippen LogP contribution in [0.15, 0.2) is 42.0 Å². The van der Waals surface area contributed by atoms with Gasteiger partial charge in [-0.1, -0.05) is 30.4 Å². The molecule has 0 bridgehead atoms. The van der Waals surface area contributed by atoms with E-state index in [1.165, 1.54) is 6.26 Å². The van der Waals surface area contributed by atoms with Crippen molar-refractivity contribution in [1.82, 2.24) is 0 Å². The molecular formula is C16H19NO4S2. The Morgan fingerprint density at radius 3 is 2.57 bits per heavy atom. The van der Waals surface area contributed by atoms with Gasteiger partial charge in [0.25, 0.3) is 0 Å². The molecule has 7 heteroatoms. The van der Waals surface area contributed by atoms with E-state index in [-0.39, 0.29) is 0 Å². The van der Waals surface area contributed by atoms with Crippen LogP contribution in [0.25, 0.3) is 0 Å². The second kappa shape index (κ2) is 7.14. The minimum absolute atomic E-state index is 0.418. The van der Waals surface area contributed by atoms with Crippen LogP contribution < -0.4 is 14.8 Å². The van der Waals surface area contributed by atoms with Crippen molar-refractivity contribution in [3.05, 3.63) is 42.0 Å². The summed E-state index contributed by atoms with van der Waals surface area (Å²) in [6, 6.07) is 5.37. The maximum absolute atomic E-state index is 11.5. The Morgan fingerprint density at radius 1 is 1.30 bits per heavy atom. The van der Waals surface area contributed by atoms with Crippen molar-refractivity contribution < 1.29 is 17.9 Å². The quantitative estimate of drug-likeness (QED) is 0.821. The van der Waals surface area contributed by atoms with Crippen LogP contribution in [0.4, 0.5) is 5.69 Å². The van der Waals surface area contributed by atoms with Gasteiger partial charge in [-0.05, 0) is 18.6 Å². The number of allylic oxidation sites excluding steroid dienone is 1. The fourth-order valence-corrected chi connectivity index (χ4v) is 3.26. The number of ether oxygens (including phenoxy) is 2. The Balaban J connectivity index is 2.15. The van der Waals surface area contributed by atoms with Gasteiger partial charge in [0.15, 0.2) is 9.84 Å². The summed E-state index contributed by atoms with van der Waals surface area (Å²) in [4.78, 5) is 0.500. The summed E-state index contributed by atoms with van der Waals surface area (Å²) in [7, 11) is 0.0757. The Hall–Kier alpha value is -1.86. The highest BCUT2D eigenvalue weighted by Crippen LogP contribution is 2.30. The van der Waals surface area contributed by atoms with E-state index in [1.807, 2.05) is 6.08 Å². The van der Waals surface area contributed by atoms with Crippen molar-refractivity contribution in [2.45, 2.75) is 11.7 Å². The van der Waals surface area contributed by atoms with Crippen molar-refractivity contribution in [3.63, 3.8) is 0 Å². The van der Waals surface area contributed by atoms with E-state index in [0.29, 0.717) is 28.6 Å². The number of rotatable bonds is 5. The highest BCUT2D eigenvalue weighted by atomic mass is 32.2. The predicted octanol–water partition coefficient (Wildman–Crippen LogP) is 2.74. The van der Waals surface area contributed by atoms with E-state index < -0.39 is 15.1 Å². The summed E-state index contributed by atoms with van der Waals surface area (Å²) in [6.07, 6.45) is 6.88. The van der Waals surface area contributed by atoms with Crippen molar-refractivity contribution in [3.8, 4) is 11.5 Å². The highest BCUT2D eigenvalue weighted by Gasteiger charge is 2.20. The number of anilines is 1. The van der Waals surface area contributed by atoms with Gasteiger partial charge in [-0.3, -0.25) is 0 Å². The van der Waals surface area contributed by atoms with Crippen molar-refractivity contribution in [2.75, 3.05) is 25.8 Å². The number of benzene rings is 1. The second-order valence-electron chi connectivity index (χ2n) is 5.14. The molecule has 5 nitrogen and oxygen atoms in total. The van der Waals surface area contributed by atoms with Crippen LogP contribution in [0.5, 0.6) is 11.5 Å². The Morgan fingerprint density at radius 2 is 2.04 bits per heavy atom. The molecule has 1 aliphatic carbocycles. The molecule has 1 atom stereocenters. The van der Waals surface area contributed by atoms with Gasteiger partial charge in [0.1, 0.15) is 16.5 Å². The molecule has 1 aliphatic rings. The third-order valence-electron chi connectivity index (χ3n) is 3.53. The first-order valence-electron chi connectivity index (χ1n) is 6.95. The van der Waals surface area contributed by atoms with Crippen molar-refractivity contribution >= 4 is 32.7 Å². The lowest BCUT2D eigenvalue weighted by molar-refractivity contribution is 0.405. The molecular weight excluding hydrogens is 334 g/mol. The topological polar surface area (TPSA) is 64.6 Å². The van der Waals surface area contributed by atoms with E-state index in [2.05, 4.69) is 5.32 Å². The van der Waals surface area contributed by atoms with Gasteiger partial charge < -0.3 is 14.8 Å². The van der Waals surface area contributed by atoms with Crippen LogP contribution in [-0.2, 0) is 9.84 Å². The first-order chi connectivity index (χ1) is 10.8. The normalized spacial score (nSPS) is 17.3. The third-order valence-corrected chi connectivity index (χ3v) is 5.31. The molecule has 1 aromatic carbocycles. The van der Waals surface area contributed by atoms with Gasteiger partial charge in [0, 0.05) is 17.9 Å². The van der Waals surface area contributed by atoms with Gasteiger partial charge in [0.2, 0.25) is 0 Å². The number of hydrogen-bond acceptors (Lipinski definition) is 5. The van der Waals surface area contributed by atoms with Gasteiger partial charge in [-0.25, -0.2) is 8.42 Å². The molecule has 1 aromatic rings. The van der Waals surface area contributed by atoms with Gasteiger partial charge in [0.05, 0.1) is 25.2 Å². The molecule has 0 fully saturated rings. The molecule has 0 heterocycles. The fourth-order valence-electron chi connectivity index (χ4n) is 2.19. The van der Waals surface area contributed by atoms with E-state index in [1.54, 1.807) is 44.6 Å². The van der Waals surface area contributed by atoms with Crippen molar-refractivity contribution in [1.29, 1.82) is 0 Å². The molecule has 23 heavy (non-hydrogen) atoms. The zero-order valence-corrected chi connectivity index (χ0v) is 14.8. The fraction of sp³-hybridized carbons (Fsp3) is 0.312. The summed E-state index contributed by atoms with van der Waals surface area (Å²) in [6.45, 7) is 0. The molecule has 1 unspecified atom stereocenters. The molecule has 0 aliphatic heterocycles. The van der Waals surface area contributed by atoms with E-state index >= 15 is 0 Å². The maximum Gasteiger partial charge on any atom is 0.154 e. The monoisotopic (exact) mass is 353 g/mol. The Labute approximate surface area is 141 Å². The third kappa shape index (κ3) is 4.33. The highest BCUT2D eigenvalue weighted by molar-refractivity contribution is 7.91. The molecule has 0 aromatic heterocycles. The first kappa shape index (κ1) is 17.5. The van der Waals surface area contributed by atoms with Crippen LogP contribution in [0, 0.1) is 0 Å². The summed E-state index contributed by atoms with van der Waals surface area (Å²) in [5.41, 5.74) is 1.47. The minimum Gasteiger partial charge on any atom is -0.497 e. The summed E-state index contributed by atoms with van der Waals surface area (Å²) < 4.78 is 33.6. The molecule has 0 spiro atoms. The standard InChI is InChI=1S/C16H19NO4S2/c1-20-12-6-9-15(21-2)14(10-12)17-16(22)11-4-7-13(8-5-11)23(3,18)19/h4-7,9-10,13H,8H2,1-3H3,(H,17,22). The Kier molecular flexibility index (Phi) is 5.43. The maximum atomic E-state index is 11.5. The largest absolute Gasteiger partial charge is 0.497 e. The van der Waals surface area contributed by atoms with Crippen molar-refractivity contribution in [2.24, 2.45) is 0 Å². The Bertz CT molecular complexity index is 766. The average molecular weight is 353 g/mol. The zero-order valence-electron chi connectivity index (χ0n) is 13.2. The smallest absolute Gasteiger partial charge is 0.154 e. The molecule has 0 amide bonds. The van der Waals surface area contributed by atoms with Gasteiger partial charge >= 0.3 is 0 Å². The van der Waals surface area contributed by atoms with E-state index in [9.17, 15) is 8.42 Å². The number of hydrogen-bond donors (Lipinski definition) is 1. The molecule has 1 N–H and O–H groups in total. The van der Waals surface area contributed by atoms with Gasteiger partial charge in [-0.15, -0.1) is 0 Å². The predicted molar refractivity (Wildman–Crippen MR) is 96.2 cm³/mol. The lowest BCUT2D eigenvalue weighted by atomic mass is 10.1. The zero-order chi connectivity index (χ0) is 17.0. The summed E-state index contributed by atoms with van der Waals surface area (Å²) >= 11 is 5.40. The van der Waals surface area contributed by atoms with Crippen LogP contribution >= 0.6 is 12.2 Å². The number of thiocarbonyl (C=S) groups is 1. The van der Waals surface area contributed by atoms with E-state index in [4.69, 9.17) is 21.7 Å². The molecule has 0 saturated heterocycles. The van der Waals surface area contributed by atoms with Crippen LogP contribution in [0.1, 0.15) is 6.42 Å². The first-order valence-corrected chi connectivity index (χ1v) is 9.32. The number of sulfone groups is 1. The minimum atomic E-state index is -3.09. The SMILES string of the molecule is COc1ccc(OC)c(NC(=S)C2=CCC(S(C)(=O)=O)C=C2)c1. The summed E-state index contributed by atoms with van der Waals surface area (Å²) in [5.74, 6) is 1.32. The molecule has 2 rings (SSSR count). The van der Waals surface area contributed by atoms with E-state index in [0.717, 1.165) is 5.57 Å². The molecule has 0 radical (unpaired) electrons. The average Bonchev–Trinajstić information content (AvgIpc) is 2.54. The molecule has 0 saturated carbocycles. The lowest BCUT2D eigenvalue weighted by Gasteiger charge is -2.17. The second-order valence-corrected chi connectivity index (χ2v) is 7.82. The number of methoxy groups -OCH3 is 2. The number of nitrogens with one attached hydrogen (secondary N) is 1. The molecule has 124 valence electrons. The lowest BCUT2D eigenvalue weighted by Crippen LogP contribution is -2.21.